The standard InChI is InChI=1S/C24H19N3O3S/c28-24(16-31-15-17-9-11-20(12-10-17)27(29)30)26-25-14-23-21-7-3-1-5-18(21)13-19-6-2-4-8-22(19)23/h1-14H,15-16H2,(H,26,28)/b25-14-. The highest BCUT2D eigenvalue weighted by Crippen LogP contribution is 2.27. The van der Waals surface area contributed by atoms with Crippen molar-refractivity contribution in [2.75, 3.05) is 5.75 Å². The van der Waals surface area contributed by atoms with Gasteiger partial charge in [-0.25, -0.2) is 5.43 Å². The molecule has 4 rings (SSSR count). The van der Waals surface area contributed by atoms with Gasteiger partial charge in [-0.05, 0) is 33.2 Å². The molecular weight excluding hydrogens is 410 g/mol. The third-order valence-electron chi connectivity index (χ3n) is 4.84. The number of amides is 1. The lowest BCUT2D eigenvalue weighted by atomic mass is 9.97. The highest BCUT2D eigenvalue weighted by Gasteiger charge is 2.07. The van der Waals surface area contributed by atoms with Gasteiger partial charge >= 0.3 is 0 Å². The smallest absolute Gasteiger partial charge is 0.269 e. The number of non-ortho nitro benzene ring substituents is 1. The fourth-order valence-corrected chi connectivity index (χ4v) is 4.14. The summed E-state index contributed by atoms with van der Waals surface area (Å²) in [4.78, 5) is 22.4. The first-order valence-electron chi connectivity index (χ1n) is 9.65. The lowest BCUT2D eigenvalue weighted by Crippen LogP contribution is -2.19. The number of thioether (sulfide) groups is 1. The summed E-state index contributed by atoms with van der Waals surface area (Å²) in [5.74, 6) is 0.626. The number of carbonyl (C=O) groups excluding carboxylic acids is 1. The Kier molecular flexibility index (Phi) is 6.24. The molecular formula is C24H19N3O3S. The molecule has 1 amide bonds. The minimum atomic E-state index is -0.429. The summed E-state index contributed by atoms with van der Waals surface area (Å²) in [6, 6.07) is 24.7. The normalized spacial score (nSPS) is 11.2. The van der Waals surface area contributed by atoms with E-state index in [-0.39, 0.29) is 17.3 Å². The van der Waals surface area contributed by atoms with Crippen LogP contribution < -0.4 is 5.43 Å². The van der Waals surface area contributed by atoms with Gasteiger partial charge in [-0.3, -0.25) is 14.9 Å². The zero-order chi connectivity index (χ0) is 21.6. The average molecular weight is 430 g/mol. The summed E-state index contributed by atoms with van der Waals surface area (Å²) in [5, 5.41) is 19.3. The monoisotopic (exact) mass is 429 g/mol. The van der Waals surface area contributed by atoms with Crippen LogP contribution in [0.25, 0.3) is 21.5 Å². The highest BCUT2D eigenvalue weighted by atomic mass is 32.2. The number of hydrogen-bond donors (Lipinski definition) is 1. The van der Waals surface area contributed by atoms with Crippen molar-refractivity contribution in [1.82, 2.24) is 5.43 Å². The van der Waals surface area contributed by atoms with Gasteiger partial charge in [0.2, 0.25) is 5.91 Å². The third kappa shape index (κ3) is 4.90. The zero-order valence-corrected chi connectivity index (χ0v) is 17.3. The van der Waals surface area contributed by atoms with E-state index in [1.807, 2.05) is 36.4 Å². The predicted molar refractivity (Wildman–Crippen MR) is 126 cm³/mol. The number of nitrogens with one attached hydrogen (secondary N) is 1. The van der Waals surface area contributed by atoms with E-state index >= 15 is 0 Å². The fourth-order valence-electron chi connectivity index (χ4n) is 3.36. The molecule has 1 N–H and O–H groups in total. The molecule has 6 nitrogen and oxygen atoms in total. The van der Waals surface area contributed by atoms with E-state index in [2.05, 4.69) is 28.7 Å². The Bertz CT molecular complexity index is 1230. The van der Waals surface area contributed by atoms with Crippen molar-refractivity contribution >= 4 is 51.1 Å². The molecule has 0 saturated carbocycles. The van der Waals surface area contributed by atoms with Gasteiger partial charge in [0.05, 0.1) is 16.9 Å². The first kappa shape index (κ1) is 20.6. The van der Waals surface area contributed by atoms with E-state index in [1.165, 1.54) is 23.9 Å². The van der Waals surface area contributed by atoms with Gasteiger partial charge in [-0.2, -0.15) is 5.10 Å². The Hall–Kier alpha value is -3.71. The van der Waals surface area contributed by atoms with Crippen molar-refractivity contribution in [3.63, 3.8) is 0 Å². The van der Waals surface area contributed by atoms with Crippen LogP contribution in [0.4, 0.5) is 5.69 Å². The summed E-state index contributed by atoms with van der Waals surface area (Å²) in [6.07, 6.45) is 1.70. The molecule has 4 aromatic rings. The number of rotatable bonds is 7. The summed E-state index contributed by atoms with van der Waals surface area (Å²) in [5.41, 5.74) is 4.54. The van der Waals surface area contributed by atoms with Gasteiger partial charge in [0.15, 0.2) is 0 Å². The van der Waals surface area contributed by atoms with Crippen molar-refractivity contribution in [3.8, 4) is 0 Å². The molecule has 154 valence electrons. The Balaban J connectivity index is 1.39. The minimum absolute atomic E-state index is 0.0572. The van der Waals surface area contributed by atoms with Gasteiger partial charge in [0, 0.05) is 23.4 Å². The Labute approximate surface area is 183 Å². The second kappa shape index (κ2) is 9.40. The van der Waals surface area contributed by atoms with Crippen LogP contribution >= 0.6 is 11.8 Å². The molecule has 7 heteroatoms. The molecule has 4 aromatic carbocycles. The molecule has 0 fully saturated rings. The van der Waals surface area contributed by atoms with E-state index in [4.69, 9.17) is 0 Å². The van der Waals surface area contributed by atoms with Crippen LogP contribution in [0.1, 0.15) is 11.1 Å². The summed E-state index contributed by atoms with van der Waals surface area (Å²) in [6.45, 7) is 0. The summed E-state index contributed by atoms with van der Waals surface area (Å²) in [7, 11) is 0. The topological polar surface area (TPSA) is 84.6 Å². The molecule has 0 aliphatic rings. The van der Waals surface area contributed by atoms with Gasteiger partial charge in [0.1, 0.15) is 0 Å². The largest absolute Gasteiger partial charge is 0.272 e. The number of benzene rings is 4. The van der Waals surface area contributed by atoms with Crippen LogP contribution in [0.2, 0.25) is 0 Å². The van der Waals surface area contributed by atoms with E-state index in [0.29, 0.717) is 5.75 Å². The van der Waals surface area contributed by atoms with Crippen molar-refractivity contribution in [2.45, 2.75) is 5.75 Å². The first-order chi connectivity index (χ1) is 15.1. The maximum Gasteiger partial charge on any atom is 0.269 e. The van der Waals surface area contributed by atoms with E-state index < -0.39 is 4.92 Å². The molecule has 0 radical (unpaired) electrons. The van der Waals surface area contributed by atoms with Crippen LogP contribution in [0.15, 0.2) is 84.0 Å². The van der Waals surface area contributed by atoms with Crippen LogP contribution in [0, 0.1) is 10.1 Å². The number of fused-ring (bicyclic) bond motifs is 2. The molecule has 0 spiro atoms. The Morgan fingerprint density at radius 3 is 2.19 bits per heavy atom. The second-order valence-electron chi connectivity index (χ2n) is 6.94. The van der Waals surface area contributed by atoms with Crippen molar-refractivity contribution < 1.29 is 9.72 Å². The molecule has 31 heavy (non-hydrogen) atoms. The maximum absolute atomic E-state index is 12.2. The van der Waals surface area contributed by atoms with E-state index in [9.17, 15) is 14.9 Å². The van der Waals surface area contributed by atoms with Gasteiger partial charge in [0.25, 0.3) is 5.69 Å². The molecule has 0 atom stereocenters. The number of nitrogens with zero attached hydrogens (tertiary/aromatic N) is 2. The molecule has 0 unspecified atom stereocenters. The summed E-state index contributed by atoms with van der Waals surface area (Å²) < 4.78 is 0. The first-order valence-corrected chi connectivity index (χ1v) is 10.8. The number of hydrazone groups is 1. The lowest BCUT2D eigenvalue weighted by molar-refractivity contribution is -0.384. The average Bonchev–Trinajstić information content (AvgIpc) is 2.79. The molecule has 0 aromatic heterocycles. The number of nitro benzene ring substituents is 1. The Morgan fingerprint density at radius 1 is 0.968 bits per heavy atom. The SMILES string of the molecule is O=C(CSCc1ccc([N+](=O)[O-])cc1)N/N=C\c1c2ccccc2cc2ccccc12. The van der Waals surface area contributed by atoms with Crippen LogP contribution in [-0.2, 0) is 10.5 Å². The van der Waals surface area contributed by atoms with E-state index in [0.717, 1.165) is 32.7 Å². The van der Waals surface area contributed by atoms with Gasteiger partial charge < -0.3 is 0 Å². The maximum atomic E-state index is 12.2. The van der Waals surface area contributed by atoms with Crippen LogP contribution in [-0.4, -0.2) is 22.8 Å². The summed E-state index contributed by atoms with van der Waals surface area (Å²) >= 11 is 1.42. The number of hydrogen-bond acceptors (Lipinski definition) is 5. The van der Waals surface area contributed by atoms with Crippen molar-refractivity contribution in [2.24, 2.45) is 5.10 Å². The van der Waals surface area contributed by atoms with Crippen molar-refractivity contribution in [1.29, 1.82) is 0 Å². The minimum Gasteiger partial charge on any atom is -0.272 e. The molecule has 0 aliphatic carbocycles. The zero-order valence-electron chi connectivity index (χ0n) is 16.5. The quantitative estimate of drug-likeness (QED) is 0.187. The molecule has 0 saturated heterocycles. The fraction of sp³-hybridized carbons (Fsp3) is 0.0833. The lowest BCUT2D eigenvalue weighted by Gasteiger charge is -2.08. The third-order valence-corrected chi connectivity index (χ3v) is 5.85. The molecule has 0 heterocycles. The molecule has 0 bridgehead atoms. The van der Waals surface area contributed by atoms with Crippen LogP contribution in [0.5, 0.6) is 0 Å². The second-order valence-corrected chi connectivity index (χ2v) is 7.93. The van der Waals surface area contributed by atoms with Crippen molar-refractivity contribution in [3.05, 3.63) is 100 Å². The molecule has 0 aliphatic heterocycles. The van der Waals surface area contributed by atoms with E-state index in [1.54, 1.807) is 18.3 Å². The predicted octanol–water partition coefficient (Wildman–Crippen LogP) is 5.28. The number of nitro groups is 1. The highest BCUT2D eigenvalue weighted by molar-refractivity contribution is 7.99. The van der Waals surface area contributed by atoms with Gasteiger partial charge in [-0.1, -0.05) is 60.7 Å². The Morgan fingerprint density at radius 2 is 1.58 bits per heavy atom. The van der Waals surface area contributed by atoms with Crippen LogP contribution in [0.3, 0.4) is 0 Å². The van der Waals surface area contributed by atoms with Gasteiger partial charge in [-0.15, -0.1) is 11.8 Å². The number of carbonyl (C=O) groups is 1.